The summed E-state index contributed by atoms with van der Waals surface area (Å²) < 4.78 is 0. The van der Waals surface area contributed by atoms with Gasteiger partial charge in [0.2, 0.25) is 0 Å². The van der Waals surface area contributed by atoms with Gasteiger partial charge in [0.25, 0.3) is 5.56 Å². The van der Waals surface area contributed by atoms with Crippen molar-refractivity contribution in [3.05, 3.63) is 69.3 Å². The van der Waals surface area contributed by atoms with Crippen molar-refractivity contribution in [3.63, 3.8) is 0 Å². The van der Waals surface area contributed by atoms with E-state index in [0.29, 0.717) is 5.56 Å². The van der Waals surface area contributed by atoms with Gasteiger partial charge in [0.1, 0.15) is 11.6 Å². The molecule has 1 N–H and O–H groups in total. The van der Waals surface area contributed by atoms with E-state index in [9.17, 15) is 10.1 Å². The SMILES string of the molecule is Cc1ccccc1-c1cc(-c2cccs2)[nH]c(=O)c1C#N. The largest absolute Gasteiger partial charge is 0.320 e. The molecule has 0 aliphatic rings. The second-order valence-corrected chi connectivity index (χ2v) is 5.65. The summed E-state index contributed by atoms with van der Waals surface area (Å²) in [5.41, 5.74) is 3.19. The first-order valence-corrected chi connectivity index (χ1v) is 7.36. The predicted octanol–water partition coefficient (Wildman–Crippen LogP) is 3.95. The zero-order valence-electron chi connectivity index (χ0n) is 11.4. The molecular formula is C17H12N2OS. The Labute approximate surface area is 126 Å². The van der Waals surface area contributed by atoms with E-state index in [1.165, 1.54) is 0 Å². The lowest BCUT2D eigenvalue weighted by atomic mass is 9.97. The second kappa shape index (κ2) is 5.39. The van der Waals surface area contributed by atoms with Crippen molar-refractivity contribution in [1.29, 1.82) is 5.26 Å². The number of aromatic amines is 1. The fraction of sp³-hybridized carbons (Fsp3) is 0.0588. The Morgan fingerprint density at radius 1 is 1.14 bits per heavy atom. The summed E-state index contributed by atoms with van der Waals surface area (Å²) in [6.45, 7) is 1.97. The first kappa shape index (κ1) is 13.3. The van der Waals surface area contributed by atoms with Crippen LogP contribution in [0.15, 0.2) is 52.6 Å². The van der Waals surface area contributed by atoms with Gasteiger partial charge in [-0.3, -0.25) is 4.79 Å². The fourth-order valence-corrected chi connectivity index (χ4v) is 3.02. The lowest BCUT2D eigenvalue weighted by Crippen LogP contribution is -2.12. The van der Waals surface area contributed by atoms with Gasteiger partial charge in [-0.25, -0.2) is 0 Å². The van der Waals surface area contributed by atoms with Gasteiger partial charge in [0.05, 0.1) is 10.6 Å². The fourth-order valence-electron chi connectivity index (χ4n) is 2.32. The van der Waals surface area contributed by atoms with Crippen molar-refractivity contribution in [2.45, 2.75) is 6.92 Å². The summed E-state index contributed by atoms with van der Waals surface area (Å²) >= 11 is 1.55. The minimum absolute atomic E-state index is 0.157. The number of hydrogen-bond donors (Lipinski definition) is 1. The topological polar surface area (TPSA) is 56.6 Å². The normalized spacial score (nSPS) is 10.3. The maximum atomic E-state index is 12.2. The second-order valence-electron chi connectivity index (χ2n) is 4.70. The molecule has 0 spiro atoms. The average Bonchev–Trinajstić information content (AvgIpc) is 3.01. The predicted molar refractivity (Wildman–Crippen MR) is 85.3 cm³/mol. The van der Waals surface area contributed by atoms with Gasteiger partial charge in [-0.2, -0.15) is 5.26 Å². The van der Waals surface area contributed by atoms with Crippen LogP contribution in [0.4, 0.5) is 0 Å². The number of nitrogens with one attached hydrogen (secondary N) is 1. The summed E-state index contributed by atoms with van der Waals surface area (Å²) in [6.07, 6.45) is 0. The lowest BCUT2D eigenvalue weighted by molar-refractivity contribution is 1.22. The Balaban J connectivity index is 2.31. The quantitative estimate of drug-likeness (QED) is 0.777. The van der Waals surface area contributed by atoms with Crippen LogP contribution in [-0.4, -0.2) is 4.98 Å². The van der Waals surface area contributed by atoms with Crippen molar-refractivity contribution in [2.24, 2.45) is 0 Å². The molecule has 0 amide bonds. The number of hydrogen-bond acceptors (Lipinski definition) is 3. The number of aryl methyl sites for hydroxylation is 1. The smallest absolute Gasteiger partial charge is 0.266 e. The highest BCUT2D eigenvalue weighted by Gasteiger charge is 2.13. The highest BCUT2D eigenvalue weighted by atomic mass is 32.1. The lowest BCUT2D eigenvalue weighted by Gasteiger charge is -2.09. The minimum Gasteiger partial charge on any atom is -0.320 e. The molecule has 4 heteroatoms. The first-order chi connectivity index (χ1) is 10.2. The van der Waals surface area contributed by atoms with Gasteiger partial charge >= 0.3 is 0 Å². The van der Waals surface area contributed by atoms with Gasteiger partial charge < -0.3 is 4.98 Å². The standard InChI is InChI=1S/C17H12N2OS/c1-11-5-2-3-6-12(11)13-9-15(16-7-4-8-21-16)19-17(20)14(13)10-18/h2-9H,1H3,(H,19,20). The Kier molecular flexibility index (Phi) is 3.43. The Morgan fingerprint density at radius 3 is 2.62 bits per heavy atom. The third-order valence-corrected chi connectivity index (χ3v) is 4.27. The molecule has 0 saturated heterocycles. The highest BCUT2D eigenvalue weighted by Crippen LogP contribution is 2.29. The number of nitriles is 1. The van der Waals surface area contributed by atoms with Crippen molar-refractivity contribution >= 4 is 11.3 Å². The molecule has 2 aromatic heterocycles. The van der Waals surface area contributed by atoms with Crippen molar-refractivity contribution in [3.8, 4) is 27.8 Å². The molecule has 0 radical (unpaired) electrons. The highest BCUT2D eigenvalue weighted by molar-refractivity contribution is 7.13. The van der Waals surface area contributed by atoms with Gasteiger partial charge in [-0.05, 0) is 35.6 Å². The monoisotopic (exact) mass is 292 g/mol. The number of thiophene rings is 1. The molecule has 3 aromatic rings. The minimum atomic E-state index is -0.346. The van der Waals surface area contributed by atoms with Crippen LogP contribution in [0.3, 0.4) is 0 Å². The van der Waals surface area contributed by atoms with Gasteiger partial charge in [0.15, 0.2) is 0 Å². The molecule has 0 aliphatic heterocycles. The van der Waals surface area contributed by atoms with Crippen molar-refractivity contribution in [2.75, 3.05) is 0 Å². The van der Waals surface area contributed by atoms with Crippen LogP contribution in [0.25, 0.3) is 21.7 Å². The molecule has 21 heavy (non-hydrogen) atoms. The van der Waals surface area contributed by atoms with E-state index in [0.717, 1.165) is 21.7 Å². The molecule has 0 aliphatic carbocycles. The van der Waals surface area contributed by atoms with E-state index in [4.69, 9.17) is 0 Å². The zero-order valence-corrected chi connectivity index (χ0v) is 12.2. The molecule has 3 rings (SSSR count). The summed E-state index contributed by atoms with van der Waals surface area (Å²) in [6, 6.07) is 15.6. The third kappa shape index (κ3) is 2.39. The average molecular weight is 292 g/mol. The number of rotatable bonds is 2. The van der Waals surface area contributed by atoms with Crippen LogP contribution in [0.2, 0.25) is 0 Å². The van der Waals surface area contributed by atoms with Gasteiger partial charge in [-0.15, -0.1) is 11.3 Å². The van der Waals surface area contributed by atoms with E-state index in [-0.39, 0.29) is 11.1 Å². The van der Waals surface area contributed by atoms with Crippen molar-refractivity contribution < 1.29 is 0 Å². The molecule has 0 bridgehead atoms. The maximum Gasteiger partial charge on any atom is 0.266 e. The van der Waals surface area contributed by atoms with Crippen molar-refractivity contribution in [1.82, 2.24) is 4.98 Å². The maximum absolute atomic E-state index is 12.2. The van der Waals surface area contributed by atoms with Crippen LogP contribution in [-0.2, 0) is 0 Å². The molecule has 0 fully saturated rings. The van der Waals surface area contributed by atoms with E-state index in [1.807, 2.05) is 60.8 Å². The molecular weight excluding hydrogens is 280 g/mol. The third-order valence-electron chi connectivity index (χ3n) is 3.37. The van der Waals surface area contributed by atoms with E-state index < -0.39 is 0 Å². The molecule has 0 atom stereocenters. The Hall–Kier alpha value is -2.64. The molecule has 2 heterocycles. The number of nitrogens with zero attached hydrogens (tertiary/aromatic N) is 1. The molecule has 0 saturated carbocycles. The molecule has 102 valence electrons. The van der Waals surface area contributed by atoms with Crippen LogP contribution in [0.5, 0.6) is 0 Å². The van der Waals surface area contributed by atoms with E-state index in [1.54, 1.807) is 11.3 Å². The number of aromatic nitrogens is 1. The van der Waals surface area contributed by atoms with E-state index >= 15 is 0 Å². The first-order valence-electron chi connectivity index (χ1n) is 6.48. The summed E-state index contributed by atoms with van der Waals surface area (Å²) in [4.78, 5) is 16.0. The van der Waals surface area contributed by atoms with Crippen LogP contribution >= 0.6 is 11.3 Å². The number of benzene rings is 1. The number of pyridine rings is 1. The van der Waals surface area contributed by atoms with Crippen LogP contribution in [0, 0.1) is 18.3 Å². The molecule has 3 nitrogen and oxygen atoms in total. The van der Waals surface area contributed by atoms with Gasteiger partial charge in [0, 0.05) is 5.56 Å². The number of H-pyrrole nitrogens is 1. The Bertz CT molecular complexity index is 886. The summed E-state index contributed by atoms with van der Waals surface area (Å²) in [5.74, 6) is 0. The summed E-state index contributed by atoms with van der Waals surface area (Å²) in [7, 11) is 0. The van der Waals surface area contributed by atoms with Crippen LogP contribution < -0.4 is 5.56 Å². The molecule has 1 aromatic carbocycles. The van der Waals surface area contributed by atoms with Crippen LogP contribution in [0.1, 0.15) is 11.1 Å². The molecule has 0 unspecified atom stereocenters. The zero-order chi connectivity index (χ0) is 14.8. The Morgan fingerprint density at radius 2 is 1.95 bits per heavy atom. The van der Waals surface area contributed by atoms with E-state index in [2.05, 4.69) is 4.98 Å². The van der Waals surface area contributed by atoms with Gasteiger partial charge in [-0.1, -0.05) is 30.3 Å². The summed E-state index contributed by atoms with van der Waals surface area (Å²) in [5, 5.41) is 11.3.